The molecule has 0 saturated carbocycles. The minimum atomic E-state index is -0.377. The molecule has 1 aromatic rings. The fourth-order valence-electron chi connectivity index (χ4n) is 1.85. The predicted molar refractivity (Wildman–Crippen MR) is 82.5 cm³/mol. The van der Waals surface area contributed by atoms with Gasteiger partial charge in [0.05, 0.1) is 0 Å². The monoisotopic (exact) mass is 287 g/mol. The second-order valence-electron chi connectivity index (χ2n) is 4.54. The Kier molecular flexibility index (Phi) is 6.99. The average Bonchev–Trinajstić information content (AvgIpc) is 2.50. The smallest absolute Gasteiger partial charge is 0.261 e. The molecule has 0 aliphatic carbocycles. The quantitative estimate of drug-likeness (QED) is 0.592. The highest BCUT2D eigenvalue weighted by Crippen LogP contribution is 2.12. The van der Waals surface area contributed by atoms with Crippen molar-refractivity contribution >= 4 is 12.0 Å². The molecule has 1 aromatic carbocycles. The van der Waals surface area contributed by atoms with Gasteiger partial charge < -0.3 is 15.3 Å². The van der Waals surface area contributed by atoms with E-state index in [1.54, 1.807) is 12.1 Å². The van der Waals surface area contributed by atoms with Crippen LogP contribution in [-0.4, -0.2) is 42.1 Å². The summed E-state index contributed by atoms with van der Waals surface area (Å²) < 4.78 is 0. The van der Waals surface area contributed by atoms with Crippen LogP contribution in [0, 0.1) is 11.3 Å². The number of hydrogen-bond donors (Lipinski definition) is 2. The molecule has 2 N–H and O–H groups in total. The molecule has 0 heterocycles. The van der Waals surface area contributed by atoms with Gasteiger partial charge in [0.2, 0.25) is 0 Å². The molecule has 1 rings (SSSR count). The van der Waals surface area contributed by atoms with Crippen molar-refractivity contribution in [3.05, 3.63) is 35.4 Å². The van der Waals surface area contributed by atoms with Crippen molar-refractivity contribution in [2.45, 2.75) is 13.8 Å². The highest BCUT2D eigenvalue weighted by molar-refractivity contribution is 6.01. The molecule has 0 spiro atoms. The number of carbonyl (C=O) groups is 1. The summed E-state index contributed by atoms with van der Waals surface area (Å²) in [4.78, 5) is 14.1. The highest BCUT2D eigenvalue weighted by atomic mass is 16.3. The molecular formula is C16H21N3O2. The van der Waals surface area contributed by atoms with Crippen LogP contribution in [0.15, 0.2) is 29.8 Å². The van der Waals surface area contributed by atoms with Gasteiger partial charge in [0.15, 0.2) is 0 Å². The molecule has 5 heteroatoms. The first-order chi connectivity index (χ1) is 10.1. The van der Waals surface area contributed by atoms with E-state index in [0.717, 1.165) is 19.6 Å². The summed E-state index contributed by atoms with van der Waals surface area (Å²) in [5.41, 5.74) is 0.753. The Morgan fingerprint density at radius 3 is 2.48 bits per heavy atom. The zero-order valence-corrected chi connectivity index (χ0v) is 12.5. The summed E-state index contributed by atoms with van der Waals surface area (Å²) in [7, 11) is 0. The van der Waals surface area contributed by atoms with Gasteiger partial charge in [-0.3, -0.25) is 4.79 Å². The number of phenolic OH excluding ortho intramolecular Hbond substituents is 1. The van der Waals surface area contributed by atoms with Crippen LogP contribution < -0.4 is 5.32 Å². The number of carbonyl (C=O) groups excluding carboxylic acids is 1. The molecule has 0 radical (unpaired) electrons. The lowest BCUT2D eigenvalue weighted by Crippen LogP contribution is -2.35. The number of phenols is 1. The summed E-state index contributed by atoms with van der Waals surface area (Å²) in [5, 5.41) is 21.0. The van der Waals surface area contributed by atoms with E-state index < -0.39 is 0 Å². The lowest BCUT2D eigenvalue weighted by Gasteiger charge is -2.17. The summed E-state index contributed by atoms with van der Waals surface area (Å²) in [6, 6.07) is 8.23. The maximum Gasteiger partial charge on any atom is 0.261 e. The number of benzene rings is 1. The number of aromatic hydroxyl groups is 1. The predicted octanol–water partition coefficient (Wildman–Crippen LogP) is 1.76. The van der Waals surface area contributed by atoms with E-state index in [9.17, 15) is 9.90 Å². The molecule has 0 saturated heterocycles. The van der Waals surface area contributed by atoms with E-state index >= 15 is 0 Å². The first-order valence-corrected chi connectivity index (χ1v) is 7.02. The molecule has 1 amide bonds. The van der Waals surface area contributed by atoms with Crippen LogP contribution in [0.3, 0.4) is 0 Å². The van der Waals surface area contributed by atoms with Crippen molar-refractivity contribution in [3.63, 3.8) is 0 Å². The van der Waals surface area contributed by atoms with E-state index in [0.29, 0.717) is 12.1 Å². The molecule has 0 aliphatic heterocycles. The number of hydrogen-bond acceptors (Lipinski definition) is 4. The molecule has 0 unspecified atom stereocenters. The Morgan fingerprint density at radius 2 is 1.95 bits per heavy atom. The van der Waals surface area contributed by atoms with Crippen LogP contribution in [-0.2, 0) is 4.79 Å². The van der Waals surface area contributed by atoms with Crippen molar-refractivity contribution in [1.82, 2.24) is 10.2 Å². The van der Waals surface area contributed by atoms with Gasteiger partial charge in [0.1, 0.15) is 17.4 Å². The van der Waals surface area contributed by atoms with Gasteiger partial charge in [-0.15, -0.1) is 0 Å². The minimum Gasteiger partial charge on any atom is -0.508 e. The van der Waals surface area contributed by atoms with Crippen LogP contribution in [0.4, 0.5) is 0 Å². The Labute approximate surface area is 125 Å². The van der Waals surface area contributed by atoms with Gasteiger partial charge in [-0.25, -0.2) is 0 Å². The number of amides is 1. The molecule has 0 aliphatic rings. The molecule has 0 aromatic heterocycles. The van der Waals surface area contributed by atoms with Crippen molar-refractivity contribution in [2.24, 2.45) is 0 Å². The Hall–Kier alpha value is -2.32. The Balaban J connectivity index is 2.61. The number of nitrogens with zero attached hydrogens (tertiary/aromatic N) is 2. The van der Waals surface area contributed by atoms with Gasteiger partial charge in [0, 0.05) is 13.1 Å². The topological polar surface area (TPSA) is 76.4 Å². The number of likely N-dealkylation sites (N-methyl/N-ethyl adjacent to an activating group) is 1. The van der Waals surface area contributed by atoms with Gasteiger partial charge in [-0.2, -0.15) is 5.26 Å². The molecule has 5 nitrogen and oxygen atoms in total. The normalized spacial score (nSPS) is 11.2. The standard InChI is InChI=1S/C16H21N3O2/c1-3-19(4-2)10-9-18-16(21)14(12-17)11-13-5-7-15(20)8-6-13/h5-8,11,20H,3-4,9-10H2,1-2H3,(H,18,21)/b14-11+. The van der Waals surface area contributed by atoms with E-state index in [1.165, 1.54) is 18.2 Å². The molecule has 21 heavy (non-hydrogen) atoms. The summed E-state index contributed by atoms with van der Waals surface area (Å²) >= 11 is 0. The fourth-order valence-corrected chi connectivity index (χ4v) is 1.85. The fraction of sp³-hybridized carbons (Fsp3) is 0.375. The Morgan fingerprint density at radius 1 is 1.33 bits per heavy atom. The zero-order chi connectivity index (χ0) is 15.7. The van der Waals surface area contributed by atoms with Gasteiger partial charge >= 0.3 is 0 Å². The van der Waals surface area contributed by atoms with Crippen molar-refractivity contribution in [2.75, 3.05) is 26.2 Å². The molecule has 112 valence electrons. The van der Waals surface area contributed by atoms with Crippen LogP contribution in [0.25, 0.3) is 6.08 Å². The zero-order valence-electron chi connectivity index (χ0n) is 12.5. The summed E-state index contributed by atoms with van der Waals surface area (Å²) in [6.07, 6.45) is 1.51. The largest absolute Gasteiger partial charge is 0.508 e. The van der Waals surface area contributed by atoms with Crippen LogP contribution in [0.1, 0.15) is 19.4 Å². The minimum absolute atomic E-state index is 0.0558. The maximum atomic E-state index is 11.9. The van der Waals surface area contributed by atoms with E-state index in [-0.39, 0.29) is 17.2 Å². The van der Waals surface area contributed by atoms with Crippen LogP contribution >= 0.6 is 0 Å². The molecule has 0 fully saturated rings. The number of nitriles is 1. The molecule has 0 bridgehead atoms. The second-order valence-corrected chi connectivity index (χ2v) is 4.54. The number of rotatable bonds is 7. The first kappa shape index (κ1) is 16.7. The first-order valence-electron chi connectivity index (χ1n) is 7.02. The third kappa shape index (κ3) is 5.67. The van der Waals surface area contributed by atoms with Crippen LogP contribution in [0.5, 0.6) is 5.75 Å². The average molecular weight is 287 g/mol. The highest BCUT2D eigenvalue weighted by Gasteiger charge is 2.09. The van der Waals surface area contributed by atoms with E-state index in [1.807, 2.05) is 6.07 Å². The lowest BCUT2D eigenvalue weighted by atomic mass is 10.1. The van der Waals surface area contributed by atoms with Gasteiger partial charge in [-0.05, 0) is 36.9 Å². The second kappa shape index (κ2) is 8.77. The summed E-state index contributed by atoms with van der Waals surface area (Å²) in [5.74, 6) is -0.230. The Bertz CT molecular complexity index is 525. The van der Waals surface area contributed by atoms with Gasteiger partial charge in [0.25, 0.3) is 5.91 Å². The van der Waals surface area contributed by atoms with E-state index in [4.69, 9.17) is 5.26 Å². The summed E-state index contributed by atoms with van der Waals surface area (Å²) in [6.45, 7) is 7.26. The third-order valence-corrected chi connectivity index (χ3v) is 3.18. The van der Waals surface area contributed by atoms with Crippen molar-refractivity contribution in [1.29, 1.82) is 5.26 Å². The number of nitrogens with one attached hydrogen (secondary N) is 1. The molecule has 0 atom stereocenters. The lowest BCUT2D eigenvalue weighted by molar-refractivity contribution is -0.117. The third-order valence-electron chi connectivity index (χ3n) is 3.18. The van der Waals surface area contributed by atoms with Crippen LogP contribution in [0.2, 0.25) is 0 Å². The van der Waals surface area contributed by atoms with Crippen molar-refractivity contribution in [3.8, 4) is 11.8 Å². The van der Waals surface area contributed by atoms with E-state index in [2.05, 4.69) is 24.1 Å². The van der Waals surface area contributed by atoms with Gasteiger partial charge in [-0.1, -0.05) is 26.0 Å². The molecular weight excluding hydrogens is 266 g/mol. The SMILES string of the molecule is CCN(CC)CCNC(=O)/C(C#N)=C/c1ccc(O)cc1. The maximum absolute atomic E-state index is 11.9. The van der Waals surface area contributed by atoms with Crippen molar-refractivity contribution < 1.29 is 9.90 Å².